The van der Waals surface area contributed by atoms with E-state index in [1.54, 1.807) is 6.92 Å². The quantitative estimate of drug-likeness (QED) is 0.146. The fourth-order valence-corrected chi connectivity index (χ4v) is 11.2. The first-order chi connectivity index (χ1) is 16.4. The lowest BCUT2D eigenvalue weighted by molar-refractivity contribution is -0.157. The van der Waals surface area contributed by atoms with Gasteiger partial charge in [0.05, 0.1) is 0 Å². The molecule has 2 nitrogen and oxygen atoms in total. The summed E-state index contributed by atoms with van der Waals surface area (Å²) in [7, 11) is 2.51. The third-order valence-corrected chi connectivity index (χ3v) is 13.8. The smallest absolute Gasteiger partial charge is 0.302 e. The maximum Gasteiger partial charge on any atom is 0.302 e. The summed E-state index contributed by atoms with van der Waals surface area (Å²) in [6.45, 7) is 16.4. The minimum atomic E-state index is -0.116. The van der Waals surface area contributed by atoms with Gasteiger partial charge in [-0.2, -0.15) is 0 Å². The van der Waals surface area contributed by atoms with Crippen molar-refractivity contribution in [1.82, 2.24) is 0 Å². The lowest BCUT2D eigenvalue weighted by Gasteiger charge is -2.67. The van der Waals surface area contributed by atoms with Gasteiger partial charge in [-0.05, 0) is 115 Å². The van der Waals surface area contributed by atoms with E-state index in [2.05, 4.69) is 77.5 Å². The molecule has 3 unspecified atom stereocenters. The monoisotopic (exact) mass is 546 g/mol. The predicted octanol–water partition coefficient (Wildman–Crippen LogP) is 8.00. The van der Waals surface area contributed by atoms with Crippen LogP contribution in [0.1, 0.15) is 106 Å². The van der Waals surface area contributed by atoms with Crippen LogP contribution < -0.4 is 0 Å². The number of allylic oxidation sites excluding steroid dienone is 2. The van der Waals surface area contributed by atoms with Gasteiger partial charge >= 0.3 is 5.97 Å². The van der Waals surface area contributed by atoms with Gasteiger partial charge < -0.3 is 4.74 Å². The molecule has 0 bridgehead atoms. The number of esters is 1. The van der Waals surface area contributed by atoms with Crippen molar-refractivity contribution in [2.24, 2.45) is 52.3 Å². The second-order valence-electron chi connectivity index (χ2n) is 14.2. The van der Waals surface area contributed by atoms with Crippen molar-refractivity contribution < 1.29 is 9.53 Å². The van der Waals surface area contributed by atoms with E-state index in [4.69, 9.17) is 4.74 Å². The molecule has 0 N–H and O–H groups in total. The van der Waals surface area contributed by atoms with Crippen molar-refractivity contribution in [1.29, 1.82) is 0 Å². The summed E-state index contributed by atoms with van der Waals surface area (Å²) >= 11 is 4.25. The lowest BCUT2D eigenvalue weighted by atomic mass is 9.35. The van der Waals surface area contributed by atoms with Gasteiger partial charge in [-0.1, -0.05) is 69.6 Å². The number of alkyl halides is 1. The van der Waals surface area contributed by atoms with E-state index in [-0.39, 0.29) is 17.4 Å². The van der Waals surface area contributed by atoms with Crippen LogP contribution in [-0.4, -0.2) is 24.7 Å². The summed E-state index contributed by atoms with van der Waals surface area (Å²) in [4.78, 5) is 12.2. The molecule has 0 spiro atoms. The molecular formula is C31H52BBrO2. The summed E-state index contributed by atoms with van der Waals surface area (Å²) in [6, 6.07) is 0. The second-order valence-corrected chi connectivity index (χ2v) is 15.3. The SMILES string of the molecule is B[C@]12C[C@@H](OC(C)=O)CC[C@]1(C)C1CC[C@@]3(C)C(CC[C@@H]3[C@H](C)/C=C/[C@@H](CC)C(C)C)C1C[C@H]2Br. The largest absolute Gasteiger partial charge is 0.463 e. The first-order valence-corrected chi connectivity index (χ1v) is 15.8. The summed E-state index contributed by atoms with van der Waals surface area (Å²) in [5.41, 5.74) is 0.813. The van der Waals surface area contributed by atoms with E-state index in [1.165, 1.54) is 44.9 Å². The Bertz CT molecular complexity index is 812. The van der Waals surface area contributed by atoms with Crippen molar-refractivity contribution >= 4 is 29.7 Å². The molecule has 0 aromatic carbocycles. The van der Waals surface area contributed by atoms with Crippen LogP contribution in [-0.2, 0) is 9.53 Å². The van der Waals surface area contributed by atoms with Gasteiger partial charge in [0, 0.05) is 11.8 Å². The summed E-state index contributed by atoms with van der Waals surface area (Å²) in [5.74, 6) is 5.34. The first-order valence-electron chi connectivity index (χ1n) is 14.9. The molecule has 0 amide bonds. The summed E-state index contributed by atoms with van der Waals surface area (Å²) in [6.07, 6.45) is 16.7. The van der Waals surface area contributed by atoms with Crippen molar-refractivity contribution in [2.45, 2.75) is 122 Å². The van der Waals surface area contributed by atoms with Crippen LogP contribution in [0.15, 0.2) is 12.2 Å². The van der Waals surface area contributed by atoms with E-state index in [0.29, 0.717) is 27.5 Å². The van der Waals surface area contributed by atoms with Crippen LogP contribution in [0.2, 0.25) is 5.31 Å². The Labute approximate surface area is 225 Å². The molecular weight excluding hydrogens is 495 g/mol. The molecule has 0 saturated heterocycles. The molecule has 4 saturated carbocycles. The Balaban J connectivity index is 1.54. The number of hydrogen-bond acceptors (Lipinski definition) is 2. The minimum absolute atomic E-state index is 0.0947. The lowest BCUT2D eigenvalue weighted by Crippen LogP contribution is -2.60. The molecule has 0 aliphatic heterocycles. The minimum Gasteiger partial charge on any atom is -0.463 e. The van der Waals surface area contributed by atoms with Crippen molar-refractivity contribution in [3.05, 3.63) is 12.2 Å². The highest BCUT2D eigenvalue weighted by Gasteiger charge is 2.65. The average Bonchev–Trinajstić information content (AvgIpc) is 3.13. The number of hydrogen-bond donors (Lipinski definition) is 0. The fourth-order valence-electron chi connectivity index (χ4n) is 10.1. The van der Waals surface area contributed by atoms with Gasteiger partial charge in [0.2, 0.25) is 0 Å². The van der Waals surface area contributed by atoms with Gasteiger partial charge in [0.1, 0.15) is 14.0 Å². The van der Waals surface area contributed by atoms with Gasteiger partial charge in [0.15, 0.2) is 0 Å². The number of ether oxygens (including phenoxy) is 1. The van der Waals surface area contributed by atoms with Crippen molar-refractivity contribution in [3.63, 3.8) is 0 Å². The molecule has 0 aromatic heterocycles. The first kappa shape index (κ1) is 27.8. The van der Waals surface area contributed by atoms with Gasteiger partial charge in [-0.25, -0.2) is 0 Å². The number of carbonyl (C=O) groups excluding carboxylic acids is 1. The fraction of sp³-hybridized carbons (Fsp3) is 0.903. The van der Waals surface area contributed by atoms with E-state index in [1.807, 2.05) is 0 Å². The van der Waals surface area contributed by atoms with E-state index in [9.17, 15) is 4.79 Å². The third-order valence-electron chi connectivity index (χ3n) is 12.4. The molecule has 0 aromatic rings. The molecule has 0 heterocycles. The second kappa shape index (κ2) is 10.1. The molecule has 4 aliphatic carbocycles. The maximum absolute atomic E-state index is 11.7. The molecule has 35 heavy (non-hydrogen) atoms. The number of carbonyl (C=O) groups is 1. The van der Waals surface area contributed by atoms with E-state index in [0.717, 1.165) is 42.4 Å². The Morgan fingerprint density at radius 2 is 1.80 bits per heavy atom. The summed E-state index contributed by atoms with van der Waals surface area (Å²) < 4.78 is 5.76. The highest BCUT2D eigenvalue weighted by molar-refractivity contribution is 9.09. The highest BCUT2D eigenvalue weighted by atomic mass is 79.9. The van der Waals surface area contributed by atoms with Gasteiger partial charge in [0.25, 0.3) is 0 Å². The van der Waals surface area contributed by atoms with Gasteiger partial charge in [-0.15, -0.1) is 0 Å². The van der Waals surface area contributed by atoms with Gasteiger partial charge in [-0.3, -0.25) is 4.79 Å². The van der Waals surface area contributed by atoms with Crippen LogP contribution in [0.3, 0.4) is 0 Å². The summed E-state index contributed by atoms with van der Waals surface area (Å²) in [5, 5.41) is 0.195. The highest BCUT2D eigenvalue weighted by Crippen LogP contribution is 2.74. The number of fused-ring (bicyclic) bond motifs is 5. The molecule has 11 atom stereocenters. The zero-order valence-electron chi connectivity index (χ0n) is 23.9. The number of rotatable bonds is 6. The Morgan fingerprint density at radius 1 is 1.09 bits per heavy atom. The van der Waals surface area contributed by atoms with E-state index < -0.39 is 0 Å². The molecule has 4 heteroatoms. The molecule has 4 rings (SSSR count). The van der Waals surface area contributed by atoms with Crippen LogP contribution in [0, 0.1) is 52.3 Å². The zero-order chi connectivity index (χ0) is 25.8. The van der Waals surface area contributed by atoms with Crippen molar-refractivity contribution in [2.75, 3.05) is 0 Å². The normalized spacial score (nSPS) is 47.1. The Hall–Kier alpha value is -0.245. The standard InChI is InChI=1S/C31H52BBrO2/c1-8-22(19(2)3)10-9-20(4)25-11-12-26-24-17-28(33)31(32)18-23(35-21(5)34)13-16-30(31,7)27(24)14-15-29(25,26)6/h9-10,19-20,22-28H,8,11-18,32H2,1-7H3/b10-9+/t20-,22-,23+,24?,25-,26?,27?,28-,29-,30-,31+/m1/s1. The maximum atomic E-state index is 11.7. The molecule has 4 fully saturated rings. The van der Waals surface area contributed by atoms with Crippen LogP contribution in [0.25, 0.3) is 0 Å². The van der Waals surface area contributed by atoms with Crippen LogP contribution >= 0.6 is 15.9 Å². The topological polar surface area (TPSA) is 26.3 Å². The van der Waals surface area contributed by atoms with Crippen LogP contribution in [0.4, 0.5) is 0 Å². The third kappa shape index (κ3) is 4.63. The zero-order valence-corrected chi connectivity index (χ0v) is 25.5. The van der Waals surface area contributed by atoms with Crippen LogP contribution in [0.5, 0.6) is 0 Å². The Morgan fingerprint density at radius 3 is 2.43 bits per heavy atom. The predicted molar refractivity (Wildman–Crippen MR) is 154 cm³/mol. The molecule has 198 valence electrons. The van der Waals surface area contributed by atoms with E-state index >= 15 is 0 Å². The molecule has 0 radical (unpaired) electrons. The van der Waals surface area contributed by atoms with Crippen molar-refractivity contribution in [3.8, 4) is 0 Å². The Kier molecular flexibility index (Phi) is 8.05. The average molecular weight is 547 g/mol. The molecule has 4 aliphatic rings. The number of halogens is 1.